The summed E-state index contributed by atoms with van der Waals surface area (Å²) < 4.78 is 12.8. The smallest absolute Gasteiger partial charge is 0.312 e. The number of Topliss-reactive ketones (excluding diaryl/α,β-unsaturated/α-hetero) is 1. The molecule has 1 fully saturated rings. The largest absolute Gasteiger partial charge is 0.330 e. The fourth-order valence-electron chi connectivity index (χ4n) is 2.23. The summed E-state index contributed by atoms with van der Waals surface area (Å²) in [5.41, 5.74) is 0.322. The summed E-state index contributed by atoms with van der Waals surface area (Å²) in [4.78, 5) is 38.7. The van der Waals surface area contributed by atoms with E-state index < -0.39 is 17.6 Å². The van der Waals surface area contributed by atoms with Crippen molar-refractivity contribution in [3.05, 3.63) is 35.6 Å². The second-order valence-electron chi connectivity index (χ2n) is 5.25. The molecular weight excluding hydrogens is 275 g/mol. The van der Waals surface area contributed by atoms with Crippen molar-refractivity contribution in [2.75, 3.05) is 19.6 Å². The molecule has 21 heavy (non-hydrogen) atoms. The molecule has 0 spiro atoms. The Morgan fingerprint density at radius 3 is 2.33 bits per heavy atom. The molecule has 2 rings (SSSR count). The van der Waals surface area contributed by atoms with Crippen LogP contribution in [-0.2, 0) is 9.59 Å². The first kappa shape index (κ1) is 15.2. The van der Waals surface area contributed by atoms with Gasteiger partial charge in [-0.25, -0.2) is 4.39 Å². The molecule has 1 aliphatic heterocycles. The number of hydrogen-bond acceptors (Lipinski definition) is 3. The van der Waals surface area contributed by atoms with E-state index in [0.29, 0.717) is 18.7 Å². The number of benzene rings is 1. The van der Waals surface area contributed by atoms with Crippen LogP contribution in [-0.4, -0.2) is 53.1 Å². The SMILES string of the molecule is CC(C)N1CCN(CC(=O)c2ccc(F)cc2)C(=O)C1=O. The maximum atomic E-state index is 12.8. The lowest BCUT2D eigenvalue weighted by Gasteiger charge is -2.35. The lowest BCUT2D eigenvalue weighted by molar-refractivity contribution is -0.156. The standard InChI is InChI=1S/C15H17FN2O3/c1-10(2)18-8-7-17(14(20)15(18)21)9-13(19)11-3-5-12(16)6-4-11/h3-6,10H,7-9H2,1-2H3. The van der Waals surface area contributed by atoms with Crippen LogP contribution in [0.3, 0.4) is 0 Å². The number of rotatable bonds is 4. The summed E-state index contributed by atoms with van der Waals surface area (Å²) in [6.45, 7) is 4.26. The Hall–Kier alpha value is -2.24. The van der Waals surface area contributed by atoms with E-state index in [0.717, 1.165) is 0 Å². The van der Waals surface area contributed by atoms with Gasteiger partial charge in [-0.3, -0.25) is 14.4 Å². The second kappa shape index (κ2) is 6.03. The predicted molar refractivity (Wildman–Crippen MR) is 74.2 cm³/mol. The summed E-state index contributed by atoms with van der Waals surface area (Å²) in [5, 5.41) is 0. The molecule has 1 aromatic rings. The monoisotopic (exact) mass is 292 g/mol. The molecule has 5 nitrogen and oxygen atoms in total. The first-order chi connectivity index (χ1) is 9.90. The molecule has 112 valence electrons. The predicted octanol–water partition coefficient (Wildman–Crippen LogP) is 1.09. The van der Waals surface area contributed by atoms with Gasteiger partial charge in [-0.2, -0.15) is 0 Å². The van der Waals surface area contributed by atoms with Crippen molar-refractivity contribution in [3.63, 3.8) is 0 Å². The van der Waals surface area contributed by atoms with Gasteiger partial charge >= 0.3 is 11.8 Å². The van der Waals surface area contributed by atoms with Gasteiger partial charge in [0.25, 0.3) is 0 Å². The Labute approximate surface area is 122 Å². The average molecular weight is 292 g/mol. The number of hydrogen-bond donors (Lipinski definition) is 0. The molecule has 0 unspecified atom stereocenters. The molecule has 1 aromatic carbocycles. The minimum Gasteiger partial charge on any atom is -0.330 e. The molecule has 1 heterocycles. The average Bonchev–Trinajstić information content (AvgIpc) is 2.44. The molecule has 0 aliphatic carbocycles. The van der Waals surface area contributed by atoms with Crippen LogP contribution in [0.2, 0.25) is 0 Å². The number of halogens is 1. The van der Waals surface area contributed by atoms with Crippen molar-refractivity contribution in [2.45, 2.75) is 19.9 Å². The highest BCUT2D eigenvalue weighted by Crippen LogP contribution is 2.11. The Balaban J connectivity index is 2.04. The molecule has 0 atom stereocenters. The van der Waals surface area contributed by atoms with Crippen molar-refractivity contribution in [1.82, 2.24) is 9.80 Å². The zero-order chi connectivity index (χ0) is 15.6. The van der Waals surface area contributed by atoms with Crippen molar-refractivity contribution in [2.24, 2.45) is 0 Å². The maximum absolute atomic E-state index is 12.8. The van der Waals surface area contributed by atoms with Gasteiger partial charge in [-0.15, -0.1) is 0 Å². The van der Waals surface area contributed by atoms with E-state index in [1.54, 1.807) is 0 Å². The zero-order valence-electron chi connectivity index (χ0n) is 12.0. The Bertz CT molecular complexity index is 569. The van der Waals surface area contributed by atoms with Gasteiger partial charge in [0.05, 0.1) is 6.54 Å². The third-order valence-corrected chi connectivity index (χ3v) is 3.47. The second-order valence-corrected chi connectivity index (χ2v) is 5.25. The van der Waals surface area contributed by atoms with Crippen LogP contribution in [0.5, 0.6) is 0 Å². The van der Waals surface area contributed by atoms with Crippen molar-refractivity contribution in [1.29, 1.82) is 0 Å². The van der Waals surface area contributed by atoms with E-state index in [1.807, 2.05) is 13.8 Å². The highest BCUT2D eigenvalue weighted by Gasteiger charge is 2.34. The van der Waals surface area contributed by atoms with Crippen LogP contribution in [0.1, 0.15) is 24.2 Å². The van der Waals surface area contributed by atoms with Crippen LogP contribution >= 0.6 is 0 Å². The third kappa shape index (κ3) is 3.26. The number of carbonyl (C=O) groups excluding carboxylic acids is 3. The first-order valence-electron chi connectivity index (χ1n) is 6.79. The minimum absolute atomic E-state index is 0.0450. The number of ketones is 1. The summed E-state index contributed by atoms with van der Waals surface area (Å²) >= 11 is 0. The molecule has 1 aliphatic rings. The molecule has 0 radical (unpaired) electrons. The summed E-state index contributed by atoms with van der Waals surface area (Å²) in [5.74, 6) is -1.98. The molecule has 0 bridgehead atoms. The van der Waals surface area contributed by atoms with E-state index in [4.69, 9.17) is 0 Å². The Kier molecular flexibility index (Phi) is 4.35. The number of amides is 2. The fourth-order valence-corrected chi connectivity index (χ4v) is 2.23. The van der Waals surface area contributed by atoms with E-state index in [9.17, 15) is 18.8 Å². The summed E-state index contributed by atoms with van der Waals surface area (Å²) in [6, 6.07) is 5.08. The van der Waals surface area contributed by atoms with Crippen LogP contribution < -0.4 is 0 Å². The van der Waals surface area contributed by atoms with Crippen LogP contribution in [0.25, 0.3) is 0 Å². The minimum atomic E-state index is -0.662. The van der Waals surface area contributed by atoms with E-state index in [-0.39, 0.29) is 18.4 Å². The molecule has 0 saturated carbocycles. The Morgan fingerprint density at radius 1 is 1.14 bits per heavy atom. The van der Waals surface area contributed by atoms with Gasteiger partial charge in [0.2, 0.25) is 0 Å². The summed E-state index contributed by atoms with van der Waals surface area (Å²) in [7, 11) is 0. The third-order valence-electron chi connectivity index (χ3n) is 3.47. The molecule has 2 amide bonds. The lowest BCUT2D eigenvalue weighted by atomic mass is 10.1. The molecular formula is C15H17FN2O3. The van der Waals surface area contributed by atoms with Gasteiger partial charge in [0.1, 0.15) is 5.82 Å². The van der Waals surface area contributed by atoms with Crippen LogP contribution in [0.15, 0.2) is 24.3 Å². The molecule has 0 N–H and O–H groups in total. The molecule has 6 heteroatoms. The van der Waals surface area contributed by atoms with Crippen molar-refractivity contribution >= 4 is 17.6 Å². The topological polar surface area (TPSA) is 57.7 Å². The molecule has 1 saturated heterocycles. The van der Waals surface area contributed by atoms with Crippen LogP contribution in [0, 0.1) is 5.82 Å². The highest BCUT2D eigenvalue weighted by molar-refractivity contribution is 6.35. The van der Waals surface area contributed by atoms with Crippen molar-refractivity contribution in [3.8, 4) is 0 Å². The van der Waals surface area contributed by atoms with E-state index in [2.05, 4.69) is 0 Å². The normalized spacial score (nSPS) is 15.8. The van der Waals surface area contributed by atoms with Gasteiger partial charge in [-0.1, -0.05) is 0 Å². The summed E-state index contributed by atoms with van der Waals surface area (Å²) in [6.07, 6.45) is 0. The van der Waals surface area contributed by atoms with Gasteiger partial charge in [0, 0.05) is 24.7 Å². The van der Waals surface area contributed by atoms with E-state index >= 15 is 0 Å². The van der Waals surface area contributed by atoms with E-state index in [1.165, 1.54) is 34.1 Å². The fraction of sp³-hybridized carbons (Fsp3) is 0.400. The van der Waals surface area contributed by atoms with Crippen LogP contribution in [0.4, 0.5) is 4.39 Å². The first-order valence-corrected chi connectivity index (χ1v) is 6.79. The lowest BCUT2D eigenvalue weighted by Crippen LogP contribution is -2.57. The van der Waals surface area contributed by atoms with Crippen molar-refractivity contribution < 1.29 is 18.8 Å². The highest BCUT2D eigenvalue weighted by atomic mass is 19.1. The number of piperazine rings is 1. The maximum Gasteiger partial charge on any atom is 0.312 e. The number of carbonyl (C=O) groups is 3. The van der Waals surface area contributed by atoms with Gasteiger partial charge in [-0.05, 0) is 38.1 Å². The Morgan fingerprint density at radius 2 is 1.76 bits per heavy atom. The number of nitrogens with zero attached hydrogens (tertiary/aromatic N) is 2. The zero-order valence-corrected chi connectivity index (χ0v) is 12.0. The van der Waals surface area contributed by atoms with Gasteiger partial charge in [0.15, 0.2) is 5.78 Å². The van der Waals surface area contributed by atoms with Gasteiger partial charge < -0.3 is 9.80 Å². The quantitative estimate of drug-likeness (QED) is 0.616. The molecule has 0 aromatic heterocycles.